The molecule has 0 radical (unpaired) electrons. The molecule has 2 atom stereocenters. The Bertz CT molecular complexity index is 682. The van der Waals surface area contributed by atoms with Gasteiger partial charge in [-0.05, 0) is 76.4 Å². The van der Waals surface area contributed by atoms with Crippen molar-refractivity contribution in [1.82, 2.24) is 9.80 Å². The molecule has 2 N–H and O–H groups in total. The molecule has 1 aromatic rings. The number of amides is 2. The Morgan fingerprint density at radius 2 is 1.93 bits per heavy atom. The van der Waals surface area contributed by atoms with Crippen molar-refractivity contribution in [3.8, 4) is 0 Å². The van der Waals surface area contributed by atoms with Crippen LogP contribution in [0.5, 0.6) is 0 Å². The van der Waals surface area contributed by atoms with E-state index in [1.807, 2.05) is 11.9 Å². The molecule has 1 aliphatic heterocycles. The monoisotopic (exact) mass is 373 g/mol. The molecule has 2 aliphatic rings. The minimum Gasteiger partial charge on any atom is -0.389 e. The van der Waals surface area contributed by atoms with Crippen LogP contribution in [-0.2, 0) is 4.79 Å². The standard InChI is InChI=1S/C21H31N3O3/c1-21(27,16-8-9-16)13-19(25)22-17-10-6-15(7-11-17)20(26)24(3)18-5-4-12-23(2)14-18/h6-7,10-11,16,18,27H,4-5,8-9,12-14H2,1-3H3,(H,22,25). The second kappa shape index (κ2) is 7.98. The van der Waals surface area contributed by atoms with E-state index in [-0.39, 0.29) is 30.2 Å². The van der Waals surface area contributed by atoms with Crippen LogP contribution in [0.25, 0.3) is 0 Å². The summed E-state index contributed by atoms with van der Waals surface area (Å²) in [5.41, 5.74) is 0.326. The van der Waals surface area contributed by atoms with Crippen molar-refractivity contribution in [1.29, 1.82) is 0 Å². The van der Waals surface area contributed by atoms with Gasteiger partial charge in [0.15, 0.2) is 0 Å². The number of benzene rings is 1. The van der Waals surface area contributed by atoms with Crippen LogP contribution in [0.15, 0.2) is 24.3 Å². The van der Waals surface area contributed by atoms with Crippen LogP contribution < -0.4 is 5.32 Å². The summed E-state index contributed by atoms with van der Waals surface area (Å²) in [6.45, 7) is 3.71. The number of nitrogens with zero attached hydrogens (tertiary/aromatic N) is 2. The molecule has 6 nitrogen and oxygen atoms in total. The van der Waals surface area contributed by atoms with Gasteiger partial charge >= 0.3 is 0 Å². The second-order valence-corrected chi connectivity index (χ2v) is 8.41. The fraction of sp³-hybridized carbons (Fsp3) is 0.619. The summed E-state index contributed by atoms with van der Waals surface area (Å²) in [7, 11) is 3.95. The number of likely N-dealkylation sites (N-methyl/N-ethyl adjacent to an activating group) is 2. The van der Waals surface area contributed by atoms with Gasteiger partial charge in [0, 0.05) is 30.9 Å². The number of anilines is 1. The summed E-state index contributed by atoms with van der Waals surface area (Å²) in [6.07, 6.45) is 4.20. The molecule has 3 rings (SSSR count). The molecule has 2 unspecified atom stereocenters. The molecule has 1 saturated heterocycles. The van der Waals surface area contributed by atoms with E-state index in [2.05, 4.69) is 17.3 Å². The lowest BCUT2D eigenvalue weighted by atomic mass is 9.96. The van der Waals surface area contributed by atoms with Crippen LogP contribution in [0, 0.1) is 5.92 Å². The molecule has 1 aromatic carbocycles. The molecule has 1 saturated carbocycles. The summed E-state index contributed by atoms with van der Waals surface area (Å²) in [6, 6.07) is 7.23. The smallest absolute Gasteiger partial charge is 0.253 e. The highest BCUT2D eigenvalue weighted by Crippen LogP contribution is 2.41. The van der Waals surface area contributed by atoms with E-state index in [0.29, 0.717) is 11.3 Å². The van der Waals surface area contributed by atoms with Crippen molar-refractivity contribution in [2.75, 3.05) is 32.5 Å². The molecule has 148 valence electrons. The number of rotatable bonds is 6. The van der Waals surface area contributed by atoms with E-state index in [1.165, 1.54) is 0 Å². The Morgan fingerprint density at radius 3 is 2.52 bits per heavy atom. The Labute approximate surface area is 161 Å². The van der Waals surface area contributed by atoms with Crippen molar-refractivity contribution in [2.45, 2.75) is 50.7 Å². The number of piperidine rings is 1. The fourth-order valence-electron chi connectivity index (χ4n) is 3.90. The summed E-state index contributed by atoms with van der Waals surface area (Å²) in [5.74, 6) is 0.0378. The predicted octanol–water partition coefficient (Wildman–Crippen LogP) is 2.34. The van der Waals surface area contributed by atoms with Crippen LogP contribution in [0.2, 0.25) is 0 Å². The van der Waals surface area contributed by atoms with Crippen LogP contribution >= 0.6 is 0 Å². The van der Waals surface area contributed by atoms with E-state index in [1.54, 1.807) is 31.2 Å². The number of nitrogens with one attached hydrogen (secondary N) is 1. The molecule has 2 fully saturated rings. The minimum absolute atomic E-state index is 0.00448. The maximum Gasteiger partial charge on any atom is 0.253 e. The molecule has 0 aromatic heterocycles. The molecule has 27 heavy (non-hydrogen) atoms. The third-order valence-corrected chi connectivity index (χ3v) is 5.86. The maximum atomic E-state index is 12.7. The van der Waals surface area contributed by atoms with E-state index in [9.17, 15) is 14.7 Å². The van der Waals surface area contributed by atoms with Crippen molar-refractivity contribution < 1.29 is 14.7 Å². The molecular formula is C21H31N3O3. The van der Waals surface area contributed by atoms with E-state index < -0.39 is 5.60 Å². The highest BCUT2D eigenvalue weighted by atomic mass is 16.3. The zero-order valence-corrected chi connectivity index (χ0v) is 16.6. The summed E-state index contributed by atoms with van der Waals surface area (Å²) < 4.78 is 0. The highest BCUT2D eigenvalue weighted by molar-refractivity contribution is 5.96. The van der Waals surface area contributed by atoms with Crippen molar-refractivity contribution in [3.05, 3.63) is 29.8 Å². The lowest BCUT2D eigenvalue weighted by Crippen LogP contribution is -2.47. The molecule has 0 spiro atoms. The minimum atomic E-state index is -0.935. The average molecular weight is 373 g/mol. The number of aliphatic hydroxyl groups is 1. The van der Waals surface area contributed by atoms with Gasteiger partial charge in [-0.25, -0.2) is 0 Å². The van der Waals surface area contributed by atoms with Crippen LogP contribution in [0.4, 0.5) is 5.69 Å². The highest BCUT2D eigenvalue weighted by Gasteiger charge is 2.41. The zero-order chi connectivity index (χ0) is 19.6. The molecule has 1 heterocycles. The third kappa shape index (κ3) is 5.08. The number of carbonyl (C=O) groups excluding carboxylic acids is 2. The first-order valence-corrected chi connectivity index (χ1v) is 9.84. The van der Waals surface area contributed by atoms with Gasteiger partial charge in [-0.1, -0.05) is 0 Å². The van der Waals surface area contributed by atoms with Crippen LogP contribution in [0.3, 0.4) is 0 Å². The van der Waals surface area contributed by atoms with Gasteiger partial charge < -0.3 is 20.2 Å². The van der Waals surface area contributed by atoms with Gasteiger partial charge in [-0.15, -0.1) is 0 Å². The number of carbonyl (C=O) groups is 2. The van der Waals surface area contributed by atoms with Gasteiger partial charge in [0.25, 0.3) is 5.91 Å². The van der Waals surface area contributed by atoms with Gasteiger partial charge in [-0.2, -0.15) is 0 Å². The normalized spacial score (nSPS) is 22.7. The van der Waals surface area contributed by atoms with Crippen LogP contribution in [-0.4, -0.2) is 65.5 Å². The van der Waals surface area contributed by atoms with Crippen molar-refractivity contribution >= 4 is 17.5 Å². The SMILES string of the molecule is CN1CCCC(N(C)C(=O)c2ccc(NC(=O)CC(C)(O)C3CC3)cc2)C1. The fourth-order valence-corrected chi connectivity index (χ4v) is 3.90. The Morgan fingerprint density at radius 1 is 1.26 bits per heavy atom. The van der Waals surface area contributed by atoms with Crippen molar-refractivity contribution in [2.24, 2.45) is 5.92 Å². The van der Waals surface area contributed by atoms with Gasteiger partial charge in [0.1, 0.15) is 0 Å². The Kier molecular flexibility index (Phi) is 5.86. The molecule has 6 heteroatoms. The lowest BCUT2D eigenvalue weighted by Gasteiger charge is -2.35. The van der Waals surface area contributed by atoms with Gasteiger partial charge in [-0.3, -0.25) is 9.59 Å². The predicted molar refractivity (Wildman–Crippen MR) is 106 cm³/mol. The second-order valence-electron chi connectivity index (χ2n) is 8.41. The molecule has 2 amide bonds. The molecule has 0 bridgehead atoms. The summed E-state index contributed by atoms with van der Waals surface area (Å²) in [5, 5.41) is 13.1. The van der Waals surface area contributed by atoms with E-state index in [0.717, 1.165) is 38.8 Å². The molecule has 1 aliphatic carbocycles. The van der Waals surface area contributed by atoms with Gasteiger partial charge in [0.05, 0.1) is 12.0 Å². The van der Waals surface area contributed by atoms with E-state index in [4.69, 9.17) is 0 Å². The van der Waals surface area contributed by atoms with E-state index >= 15 is 0 Å². The first-order valence-electron chi connectivity index (χ1n) is 9.84. The summed E-state index contributed by atoms with van der Waals surface area (Å²) in [4.78, 5) is 29.0. The van der Waals surface area contributed by atoms with Crippen LogP contribution in [0.1, 0.15) is 49.4 Å². The van der Waals surface area contributed by atoms with Crippen molar-refractivity contribution in [3.63, 3.8) is 0 Å². The Hall–Kier alpha value is -1.92. The number of hydrogen-bond donors (Lipinski definition) is 2. The van der Waals surface area contributed by atoms with Gasteiger partial charge in [0.2, 0.25) is 5.91 Å². The third-order valence-electron chi connectivity index (χ3n) is 5.86. The number of hydrogen-bond acceptors (Lipinski definition) is 4. The quantitative estimate of drug-likeness (QED) is 0.803. The largest absolute Gasteiger partial charge is 0.389 e. The first kappa shape index (κ1) is 19.8. The zero-order valence-electron chi connectivity index (χ0n) is 16.6. The average Bonchev–Trinajstić information content (AvgIpc) is 3.46. The Balaban J connectivity index is 1.56. The number of likely N-dealkylation sites (tertiary alicyclic amines) is 1. The topological polar surface area (TPSA) is 72.9 Å². The lowest BCUT2D eigenvalue weighted by molar-refractivity contribution is -0.121. The summed E-state index contributed by atoms with van der Waals surface area (Å²) >= 11 is 0. The molecular weight excluding hydrogens is 342 g/mol. The first-order chi connectivity index (χ1) is 12.8. The maximum absolute atomic E-state index is 12.7.